The highest BCUT2D eigenvalue weighted by molar-refractivity contribution is 5.19. The Labute approximate surface area is 118 Å². The van der Waals surface area contributed by atoms with Crippen LogP contribution in [0.2, 0.25) is 0 Å². The summed E-state index contributed by atoms with van der Waals surface area (Å²) in [4.78, 5) is 2.67. The van der Waals surface area contributed by atoms with E-state index in [2.05, 4.69) is 61.3 Å². The van der Waals surface area contributed by atoms with Gasteiger partial charge in [-0.05, 0) is 36.9 Å². The van der Waals surface area contributed by atoms with Crippen LogP contribution in [0.25, 0.3) is 0 Å². The molecule has 0 saturated carbocycles. The standard InChI is InChI=1S/C17H28N2/c1-4-18-12-17(16-8-6-5-7-9-16)19-11-10-14(2)15(3)13-19/h5-9,14-15,17-18H,4,10-13H2,1-3H3. The van der Waals surface area contributed by atoms with Crippen molar-refractivity contribution in [1.82, 2.24) is 10.2 Å². The molecule has 2 rings (SSSR count). The van der Waals surface area contributed by atoms with Gasteiger partial charge in [0.25, 0.3) is 0 Å². The van der Waals surface area contributed by atoms with E-state index in [1.165, 1.54) is 25.1 Å². The maximum absolute atomic E-state index is 3.53. The lowest BCUT2D eigenvalue weighted by Crippen LogP contribution is -2.43. The van der Waals surface area contributed by atoms with Crippen LogP contribution in [0.15, 0.2) is 30.3 Å². The summed E-state index contributed by atoms with van der Waals surface area (Å²) in [5, 5.41) is 3.53. The van der Waals surface area contributed by atoms with Crippen molar-refractivity contribution in [3.05, 3.63) is 35.9 Å². The van der Waals surface area contributed by atoms with E-state index in [-0.39, 0.29) is 0 Å². The Kier molecular flexibility index (Phi) is 5.41. The Balaban J connectivity index is 2.09. The molecule has 3 unspecified atom stereocenters. The van der Waals surface area contributed by atoms with Crippen molar-refractivity contribution < 1.29 is 0 Å². The molecule has 1 heterocycles. The lowest BCUT2D eigenvalue weighted by molar-refractivity contribution is 0.0945. The van der Waals surface area contributed by atoms with Crippen LogP contribution in [0.1, 0.15) is 38.8 Å². The second-order valence-corrected chi connectivity index (χ2v) is 5.97. The van der Waals surface area contributed by atoms with Crippen LogP contribution in [0.3, 0.4) is 0 Å². The lowest BCUT2D eigenvalue weighted by Gasteiger charge is -2.40. The minimum absolute atomic E-state index is 0.524. The molecule has 2 nitrogen and oxygen atoms in total. The zero-order valence-corrected chi connectivity index (χ0v) is 12.6. The molecule has 1 aliphatic rings. The van der Waals surface area contributed by atoms with Crippen molar-refractivity contribution in [2.75, 3.05) is 26.2 Å². The third-order valence-electron chi connectivity index (χ3n) is 4.58. The third kappa shape index (κ3) is 3.80. The highest BCUT2D eigenvalue weighted by Crippen LogP contribution is 2.29. The highest BCUT2D eigenvalue weighted by Gasteiger charge is 2.28. The van der Waals surface area contributed by atoms with Crippen LogP contribution < -0.4 is 5.32 Å². The van der Waals surface area contributed by atoms with Gasteiger partial charge in [-0.1, -0.05) is 51.1 Å². The molecule has 2 heteroatoms. The molecule has 1 fully saturated rings. The summed E-state index contributed by atoms with van der Waals surface area (Å²) in [6.45, 7) is 11.5. The first-order chi connectivity index (χ1) is 9.22. The normalized spacial score (nSPS) is 26.3. The Hall–Kier alpha value is -0.860. The number of hydrogen-bond acceptors (Lipinski definition) is 2. The SMILES string of the molecule is CCNCC(c1ccccc1)N1CCC(C)C(C)C1. The van der Waals surface area contributed by atoms with Crippen LogP contribution in [0, 0.1) is 11.8 Å². The first kappa shape index (κ1) is 14.5. The van der Waals surface area contributed by atoms with Crippen molar-refractivity contribution in [2.45, 2.75) is 33.2 Å². The number of nitrogens with one attached hydrogen (secondary N) is 1. The first-order valence-corrected chi connectivity index (χ1v) is 7.72. The molecule has 1 saturated heterocycles. The number of likely N-dealkylation sites (N-methyl/N-ethyl adjacent to an activating group) is 1. The molecular formula is C17H28N2. The predicted molar refractivity (Wildman–Crippen MR) is 82.2 cm³/mol. The molecule has 0 aromatic heterocycles. The molecular weight excluding hydrogens is 232 g/mol. The zero-order valence-electron chi connectivity index (χ0n) is 12.6. The minimum atomic E-state index is 0.524. The minimum Gasteiger partial charge on any atom is -0.315 e. The van der Waals surface area contributed by atoms with Gasteiger partial charge >= 0.3 is 0 Å². The molecule has 1 aromatic rings. The van der Waals surface area contributed by atoms with Crippen LogP contribution in [0.5, 0.6) is 0 Å². The summed E-state index contributed by atoms with van der Waals surface area (Å²) in [5.41, 5.74) is 1.45. The van der Waals surface area contributed by atoms with Crippen molar-refractivity contribution >= 4 is 0 Å². The van der Waals surface area contributed by atoms with E-state index in [1.54, 1.807) is 0 Å². The van der Waals surface area contributed by atoms with E-state index in [4.69, 9.17) is 0 Å². The summed E-state index contributed by atoms with van der Waals surface area (Å²) >= 11 is 0. The molecule has 0 spiro atoms. The molecule has 1 aromatic carbocycles. The average molecular weight is 260 g/mol. The second kappa shape index (κ2) is 7.06. The molecule has 0 aliphatic carbocycles. The maximum atomic E-state index is 3.53. The van der Waals surface area contributed by atoms with E-state index in [1.807, 2.05) is 0 Å². The van der Waals surface area contributed by atoms with Gasteiger partial charge in [-0.2, -0.15) is 0 Å². The Morgan fingerprint density at radius 2 is 1.95 bits per heavy atom. The van der Waals surface area contributed by atoms with Gasteiger partial charge in [0.15, 0.2) is 0 Å². The first-order valence-electron chi connectivity index (χ1n) is 7.72. The van der Waals surface area contributed by atoms with Gasteiger partial charge in [0, 0.05) is 19.1 Å². The molecule has 106 valence electrons. The van der Waals surface area contributed by atoms with Crippen LogP contribution in [-0.4, -0.2) is 31.1 Å². The second-order valence-electron chi connectivity index (χ2n) is 5.97. The molecule has 3 atom stereocenters. The summed E-state index contributed by atoms with van der Waals surface area (Å²) < 4.78 is 0. The monoisotopic (exact) mass is 260 g/mol. The van der Waals surface area contributed by atoms with Crippen molar-refractivity contribution in [1.29, 1.82) is 0 Å². The summed E-state index contributed by atoms with van der Waals surface area (Å²) in [5.74, 6) is 1.67. The fraction of sp³-hybridized carbons (Fsp3) is 0.647. The Morgan fingerprint density at radius 1 is 1.21 bits per heavy atom. The third-order valence-corrected chi connectivity index (χ3v) is 4.58. The van der Waals surface area contributed by atoms with Gasteiger partial charge in [-0.3, -0.25) is 4.90 Å². The summed E-state index contributed by atoms with van der Waals surface area (Å²) in [7, 11) is 0. The smallest absolute Gasteiger partial charge is 0.0472 e. The van der Waals surface area contributed by atoms with E-state index in [0.717, 1.165) is 24.9 Å². The number of rotatable bonds is 5. The molecule has 1 N–H and O–H groups in total. The van der Waals surface area contributed by atoms with Gasteiger partial charge in [-0.25, -0.2) is 0 Å². The Morgan fingerprint density at radius 3 is 2.58 bits per heavy atom. The maximum Gasteiger partial charge on any atom is 0.0472 e. The van der Waals surface area contributed by atoms with E-state index in [9.17, 15) is 0 Å². The number of piperidine rings is 1. The van der Waals surface area contributed by atoms with Gasteiger partial charge in [0.05, 0.1) is 0 Å². The van der Waals surface area contributed by atoms with E-state index < -0.39 is 0 Å². The molecule has 0 amide bonds. The molecule has 1 aliphatic heterocycles. The quantitative estimate of drug-likeness (QED) is 0.873. The predicted octanol–water partition coefficient (Wildman–Crippen LogP) is 3.32. The molecule has 0 bridgehead atoms. The van der Waals surface area contributed by atoms with Crippen LogP contribution in [-0.2, 0) is 0 Å². The van der Waals surface area contributed by atoms with E-state index >= 15 is 0 Å². The van der Waals surface area contributed by atoms with Gasteiger partial charge in [0.1, 0.15) is 0 Å². The highest BCUT2D eigenvalue weighted by atomic mass is 15.2. The van der Waals surface area contributed by atoms with E-state index in [0.29, 0.717) is 6.04 Å². The average Bonchev–Trinajstić information content (AvgIpc) is 2.44. The zero-order chi connectivity index (χ0) is 13.7. The fourth-order valence-electron chi connectivity index (χ4n) is 2.99. The number of nitrogens with zero attached hydrogens (tertiary/aromatic N) is 1. The van der Waals surface area contributed by atoms with Crippen LogP contribution >= 0.6 is 0 Å². The van der Waals surface area contributed by atoms with Crippen LogP contribution in [0.4, 0.5) is 0 Å². The van der Waals surface area contributed by atoms with Crippen molar-refractivity contribution in [2.24, 2.45) is 11.8 Å². The lowest BCUT2D eigenvalue weighted by atomic mass is 9.87. The van der Waals surface area contributed by atoms with Gasteiger partial charge in [-0.15, -0.1) is 0 Å². The number of likely N-dealkylation sites (tertiary alicyclic amines) is 1. The number of benzene rings is 1. The molecule has 0 radical (unpaired) electrons. The summed E-state index contributed by atoms with van der Waals surface area (Å²) in [6.07, 6.45) is 1.33. The topological polar surface area (TPSA) is 15.3 Å². The van der Waals surface area contributed by atoms with Gasteiger partial charge < -0.3 is 5.32 Å². The summed E-state index contributed by atoms with van der Waals surface area (Å²) in [6, 6.07) is 11.5. The van der Waals surface area contributed by atoms with Crippen molar-refractivity contribution in [3.8, 4) is 0 Å². The Bertz CT molecular complexity index is 363. The van der Waals surface area contributed by atoms with Crippen molar-refractivity contribution in [3.63, 3.8) is 0 Å². The largest absolute Gasteiger partial charge is 0.315 e. The fourth-order valence-corrected chi connectivity index (χ4v) is 2.99. The van der Waals surface area contributed by atoms with Gasteiger partial charge in [0.2, 0.25) is 0 Å². The number of hydrogen-bond donors (Lipinski definition) is 1. The molecule has 19 heavy (non-hydrogen) atoms.